The van der Waals surface area contributed by atoms with Crippen LogP contribution >= 0.6 is 0 Å². The number of pyridine rings is 1. The van der Waals surface area contributed by atoms with Gasteiger partial charge < -0.3 is 9.88 Å². The molecular formula is C16H18N2O. The Morgan fingerprint density at radius 1 is 1.05 bits per heavy atom. The number of rotatable bonds is 1. The molecule has 1 aromatic carbocycles. The summed E-state index contributed by atoms with van der Waals surface area (Å²) in [6, 6.07) is 6.30. The lowest BCUT2D eigenvalue weighted by atomic mass is 10.1. The van der Waals surface area contributed by atoms with Gasteiger partial charge in [-0.2, -0.15) is 0 Å². The first-order valence-electron chi connectivity index (χ1n) is 7.26. The number of hydrogen-bond donors (Lipinski definition) is 1. The van der Waals surface area contributed by atoms with Crippen molar-refractivity contribution in [1.29, 1.82) is 0 Å². The Kier molecular flexibility index (Phi) is 2.40. The first kappa shape index (κ1) is 11.1. The van der Waals surface area contributed by atoms with Crippen LogP contribution in [-0.4, -0.2) is 18.1 Å². The standard InChI is InChI=1S/C16H18N2O/c19-16-12-4-3-5-14(12)17-15-7-6-11(10-13(15)16)18-8-1-2-9-18/h6-7,10H,1-5,8-9H2,(H,17,19). The molecule has 1 fully saturated rings. The zero-order valence-corrected chi connectivity index (χ0v) is 11.0. The summed E-state index contributed by atoms with van der Waals surface area (Å²) in [5, 5.41) is 0.866. The zero-order chi connectivity index (χ0) is 12.8. The van der Waals surface area contributed by atoms with E-state index in [0.717, 1.165) is 54.5 Å². The summed E-state index contributed by atoms with van der Waals surface area (Å²) < 4.78 is 0. The second-order valence-corrected chi connectivity index (χ2v) is 5.69. The predicted octanol–water partition coefficient (Wildman–Crippen LogP) is 2.62. The Morgan fingerprint density at radius 3 is 2.74 bits per heavy atom. The molecule has 98 valence electrons. The molecule has 0 saturated carbocycles. The maximum absolute atomic E-state index is 12.5. The van der Waals surface area contributed by atoms with Gasteiger partial charge >= 0.3 is 0 Å². The number of H-pyrrole nitrogens is 1. The van der Waals surface area contributed by atoms with Gasteiger partial charge in [-0.15, -0.1) is 0 Å². The van der Waals surface area contributed by atoms with E-state index in [0.29, 0.717) is 0 Å². The highest BCUT2D eigenvalue weighted by atomic mass is 16.1. The van der Waals surface area contributed by atoms with Crippen LogP contribution in [0.3, 0.4) is 0 Å². The van der Waals surface area contributed by atoms with Crippen LogP contribution in [0.15, 0.2) is 23.0 Å². The van der Waals surface area contributed by atoms with E-state index in [1.165, 1.54) is 18.5 Å². The lowest BCUT2D eigenvalue weighted by Gasteiger charge is -2.18. The number of aromatic amines is 1. The van der Waals surface area contributed by atoms with Gasteiger partial charge in [-0.3, -0.25) is 4.79 Å². The Labute approximate surface area is 112 Å². The van der Waals surface area contributed by atoms with Crippen molar-refractivity contribution in [3.63, 3.8) is 0 Å². The molecule has 2 aliphatic rings. The fourth-order valence-electron chi connectivity index (χ4n) is 3.46. The second-order valence-electron chi connectivity index (χ2n) is 5.69. The first-order valence-corrected chi connectivity index (χ1v) is 7.26. The van der Waals surface area contributed by atoms with Gasteiger partial charge in [0, 0.05) is 40.9 Å². The van der Waals surface area contributed by atoms with Crippen LogP contribution in [0.25, 0.3) is 10.9 Å². The minimum absolute atomic E-state index is 0.252. The van der Waals surface area contributed by atoms with E-state index >= 15 is 0 Å². The van der Waals surface area contributed by atoms with Crippen LogP contribution in [0.1, 0.15) is 30.5 Å². The molecule has 4 rings (SSSR count). The normalized spacial score (nSPS) is 18.2. The fraction of sp³-hybridized carbons (Fsp3) is 0.438. The molecular weight excluding hydrogens is 236 g/mol. The number of nitrogens with zero attached hydrogens (tertiary/aromatic N) is 1. The van der Waals surface area contributed by atoms with Crippen molar-refractivity contribution in [2.45, 2.75) is 32.1 Å². The van der Waals surface area contributed by atoms with Crippen molar-refractivity contribution >= 4 is 16.6 Å². The number of aromatic nitrogens is 1. The molecule has 0 radical (unpaired) electrons. The van der Waals surface area contributed by atoms with E-state index in [4.69, 9.17) is 0 Å². The van der Waals surface area contributed by atoms with Crippen LogP contribution < -0.4 is 10.3 Å². The number of fused-ring (bicyclic) bond motifs is 2. The van der Waals surface area contributed by atoms with Gasteiger partial charge in [0.25, 0.3) is 0 Å². The summed E-state index contributed by atoms with van der Waals surface area (Å²) in [5.41, 5.74) is 4.63. The molecule has 3 heteroatoms. The average Bonchev–Trinajstić information content (AvgIpc) is 3.09. The van der Waals surface area contributed by atoms with Crippen molar-refractivity contribution in [3.8, 4) is 0 Å². The molecule has 0 bridgehead atoms. The van der Waals surface area contributed by atoms with E-state index in [2.05, 4.69) is 28.1 Å². The van der Waals surface area contributed by atoms with Crippen LogP contribution in [-0.2, 0) is 12.8 Å². The summed E-state index contributed by atoms with van der Waals surface area (Å²) in [6.07, 6.45) is 5.59. The number of nitrogens with one attached hydrogen (secondary N) is 1. The minimum atomic E-state index is 0.252. The van der Waals surface area contributed by atoms with Crippen molar-refractivity contribution in [2.75, 3.05) is 18.0 Å². The van der Waals surface area contributed by atoms with Gasteiger partial charge in [0.05, 0.1) is 0 Å². The third-order valence-corrected chi connectivity index (χ3v) is 4.50. The molecule has 0 atom stereocenters. The Morgan fingerprint density at radius 2 is 1.89 bits per heavy atom. The zero-order valence-electron chi connectivity index (χ0n) is 11.0. The third kappa shape index (κ3) is 1.68. The Balaban J connectivity index is 1.91. The molecule has 1 aliphatic heterocycles. The molecule has 2 aromatic rings. The number of aryl methyl sites for hydroxylation is 1. The number of benzene rings is 1. The van der Waals surface area contributed by atoms with Crippen LogP contribution in [0.5, 0.6) is 0 Å². The first-order chi connectivity index (χ1) is 9.33. The number of hydrogen-bond acceptors (Lipinski definition) is 2. The van der Waals surface area contributed by atoms with Gasteiger partial charge in [0.15, 0.2) is 5.43 Å². The smallest absolute Gasteiger partial charge is 0.192 e. The molecule has 19 heavy (non-hydrogen) atoms. The molecule has 0 spiro atoms. The van der Waals surface area contributed by atoms with Crippen LogP contribution in [0.4, 0.5) is 5.69 Å². The van der Waals surface area contributed by atoms with Gasteiger partial charge in [0.1, 0.15) is 0 Å². The lowest BCUT2D eigenvalue weighted by molar-refractivity contribution is 0.900. The topological polar surface area (TPSA) is 36.1 Å². The summed E-state index contributed by atoms with van der Waals surface area (Å²) in [4.78, 5) is 18.4. The van der Waals surface area contributed by atoms with E-state index in [9.17, 15) is 4.79 Å². The lowest BCUT2D eigenvalue weighted by Crippen LogP contribution is -2.18. The second kappa shape index (κ2) is 4.12. The molecule has 2 heterocycles. The summed E-state index contributed by atoms with van der Waals surface area (Å²) in [6.45, 7) is 2.24. The quantitative estimate of drug-likeness (QED) is 0.849. The third-order valence-electron chi connectivity index (χ3n) is 4.50. The van der Waals surface area contributed by atoms with Gasteiger partial charge in [0.2, 0.25) is 0 Å². The highest BCUT2D eigenvalue weighted by Crippen LogP contribution is 2.25. The molecule has 1 aromatic heterocycles. The minimum Gasteiger partial charge on any atom is -0.372 e. The molecule has 3 nitrogen and oxygen atoms in total. The average molecular weight is 254 g/mol. The van der Waals surface area contributed by atoms with Gasteiger partial charge in [-0.1, -0.05) is 0 Å². The number of anilines is 1. The fourth-order valence-corrected chi connectivity index (χ4v) is 3.46. The van der Waals surface area contributed by atoms with E-state index in [1.54, 1.807) is 0 Å². The predicted molar refractivity (Wildman–Crippen MR) is 78.0 cm³/mol. The van der Waals surface area contributed by atoms with Crippen LogP contribution in [0.2, 0.25) is 0 Å². The van der Waals surface area contributed by atoms with Gasteiger partial charge in [-0.05, 0) is 50.3 Å². The molecule has 1 saturated heterocycles. The summed E-state index contributed by atoms with van der Waals surface area (Å²) in [7, 11) is 0. The molecule has 0 unspecified atom stereocenters. The van der Waals surface area contributed by atoms with Crippen molar-refractivity contribution in [2.24, 2.45) is 0 Å². The monoisotopic (exact) mass is 254 g/mol. The highest BCUT2D eigenvalue weighted by Gasteiger charge is 2.18. The van der Waals surface area contributed by atoms with E-state index < -0.39 is 0 Å². The van der Waals surface area contributed by atoms with Crippen molar-refractivity contribution in [1.82, 2.24) is 4.98 Å². The molecule has 1 N–H and O–H groups in total. The largest absolute Gasteiger partial charge is 0.372 e. The Hall–Kier alpha value is -1.77. The van der Waals surface area contributed by atoms with E-state index in [1.807, 2.05) is 0 Å². The van der Waals surface area contributed by atoms with E-state index in [-0.39, 0.29) is 5.43 Å². The highest BCUT2D eigenvalue weighted by molar-refractivity contribution is 5.83. The van der Waals surface area contributed by atoms with Crippen molar-refractivity contribution < 1.29 is 0 Å². The maximum atomic E-state index is 12.5. The molecule has 0 amide bonds. The Bertz CT molecular complexity index is 696. The molecule has 1 aliphatic carbocycles. The summed E-state index contributed by atoms with van der Waals surface area (Å²) >= 11 is 0. The van der Waals surface area contributed by atoms with Crippen LogP contribution in [0, 0.1) is 0 Å². The van der Waals surface area contributed by atoms with Gasteiger partial charge in [-0.25, -0.2) is 0 Å². The summed E-state index contributed by atoms with van der Waals surface area (Å²) in [5.74, 6) is 0. The maximum Gasteiger partial charge on any atom is 0.192 e. The SMILES string of the molecule is O=c1c2c([nH]c3ccc(N4CCCC4)cc13)CCC2. The van der Waals surface area contributed by atoms with Crippen molar-refractivity contribution in [3.05, 3.63) is 39.7 Å².